The molecule has 1 amide bonds. The average Bonchev–Trinajstić information content (AvgIpc) is 3.24. The molecule has 0 radical (unpaired) electrons. The van der Waals surface area contributed by atoms with E-state index in [0.717, 1.165) is 42.5 Å². The molecule has 1 aliphatic rings. The molecule has 5 heteroatoms. The lowest BCUT2D eigenvalue weighted by molar-refractivity contribution is 0.0787. The summed E-state index contributed by atoms with van der Waals surface area (Å²) in [6, 6.07) is 7.78. The van der Waals surface area contributed by atoms with E-state index in [1.165, 1.54) is 5.56 Å². The number of pyridine rings is 2. The third-order valence-corrected chi connectivity index (χ3v) is 4.48. The van der Waals surface area contributed by atoms with Gasteiger partial charge in [-0.05, 0) is 48.6 Å². The van der Waals surface area contributed by atoms with Gasteiger partial charge in [-0.2, -0.15) is 0 Å². The lowest BCUT2D eigenvalue weighted by atomic mass is 9.99. The van der Waals surface area contributed by atoms with Gasteiger partial charge in [-0.3, -0.25) is 9.78 Å². The Balaban J connectivity index is 1.43. The minimum Gasteiger partial charge on any atom is -0.346 e. The highest BCUT2D eigenvalue weighted by molar-refractivity contribution is 5.94. The Morgan fingerprint density at radius 2 is 2.17 bits per heavy atom. The second-order valence-electron chi connectivity index (χ2n) is 6.10. The monoisotopic (exact) mass is 306 g/mol. The number of hydrogen-bond acceptors (Lipinski definition) is 3. The first kappa shape index (κ1) is 13.9. The van der Waals surface area contributed by atoms with Crippen molar-refractivity contribution in [3.05, 3.63) is 60.2 Å². The number of carbonyl (C=O) groups excluding carboxylic acids is 1. The molecule has 0 aliphatic carbocycles. The normalized spacial score (nSPS) is 17.7. The molecule has 1 fully saturated rings. The van der Waals surface area contributed by atoms with Gasteiger partial charge in [0, 0.05) is 48.8 Å². The Morgan fingerprint density at radius 3 is 3.04 bits per heavy atom. The molecule has 4 rings (SSSR count). The second kappa shape index (κ2) is 5.83. The van der Waals surface area contributed by atoms with Crippen LogP contribution in [0.2, 0.25) is 0 Å². The van der Waals surface area contributed by atoms with E-state index in [1.807, 2.05) is 23.4 Å². The fraction of sp³-hybridized carbons (Fsp3) is 0.278. The first-order valence-electron chi connectivity index (χ1n) is 7.91. The van der Waals surface area contributed by atoms with Crippen LogP contribution in [-0.4, -0.2) is 38.8 Å². The highest BCUT2D eigenvalue weighted by atomic mass is 16.2. The average molecular weight is 306 g/mol. The quantitative estimate of drug-likeness (QED) is 0.809. The molecule has 0 bridgehead atoms. The van der Waals surface area contributed by atoms with Crippen LogP contribution in [0.1, 0.15) is 22.3 Å². The molecule has 3 aromatic rings. The maximum atomic E-state index is 12.5. The van der Waals surface area contributed by atoms with E-state index in [1.54, 1.807) is 24.5 Å². The highest BCUT2D eigenvalue weighted by Crippen LogP contribution is 2.23. The summed E-state index contributed by atoms with van der Waals surface area (Å²) in [6.07, 6.45) is 9.19. The number of aromatic amines is 1. The van der Waals surface area contributed by atoms with Gasteiger partial charge < -0.3 is 9.88 Å². The van der Waals surface area contributed by atoms with Crippen LogP contribution in [0.3, 0.4) is 0 Å². The summed E-state index contributed by atoms with van der Waals surface area (Å²) >= 11 is 0. The molecular weight excluding hydrogens is 288 g/mol. The largest absolute Gasteiger partial charge is 0.346 e. The first-order chi connectivity index (χ1) is 11.3. The SMILES string of the molecule is O=C(c1ccncc1)N1CC[C@H](Cc2cnc3[nH]ccc3c2)C1. The molecule has 1 N–H and O–H groups in total. The standard InChI is InChI=1S/C18H18N4O/c23-18(15-1-5-19-6-2-15)22-8-4-13(12-22)9-14-10-16-3-7-20-17(16)21-11-14/h1-3,5-7,10-11,13H,4,8-9,12H2,(H,20,21)/t13-/m1/s1. The van der Waals surface area contributed by atoms with Crippen molar-refractivity contribution in [1.29, 1.82) is 0 Å². The van der Waals surface area contributed by atoms with Crippen LogP contribution in [0.15, 0.2) is 49.1 Å². The van der Waals surface area contributed by atoms with Gasteiger partial charge in [0.25, 0.3) is 5.91 Å². The van der Waals surface area contributed by atoms with Crippen LogP contribution >= 0.6 is 0 Å². The molecule has 0 aromatic carbocycles. The van der Waals surface area contributed by atoms with Crippen molar-refractivity contribution in [2.45, 2.75) is 12.8 Å². The van der Waals surface area contributed by atoms with Gasteiger partial charge in [0.05, 0.1) is 0 Å². The van der Waals surface area contributed by atoms with Gasteiger partial charge in [-0.25, -0.2) is 4.98 Å². The summed E-state index contributed by atoms with van der Waals surface area (Å²) in [5.74, 6) is 0.605. The van der Waals surface area contributed by atoms with E-state index in [0.29, 0.717) is 5.92 Å². The van der Waals surface area contributed by atoms with Gasteiger partial charge in [0.1, 0.15) is 5.65 Å². The number of rotatable bonds is 3. The number of H-pyrrole nitrogens is 1. The Morgan fingerprint density at radius 1 is 1.30 bits per heavy atom. The molecule has 0 saturated carbocycles. The van der Waals surface area contributed by atoms with Crippen LogP contribution in [0.5, 0.6) is 0 Å². The molecule has 1 aliphatic heterocycles. The Bertz CT molecular complexity index is 827. The summed E-state index contributed by atoms with van der Waals surface area (Å²) in [4.78, 5) is 25.9. The van der Waals surface area contributed by atoms with E-state index in [4.69, 9.17) is 0 Å². The summed E-state index contributed by atoms with van der Waals surface area (Å²) in [5, 5.41) is 1.14. The molecule has 5 nitrogen and oxygen atoms in total. The predicted octanol–water partition coefficient (Wildman–Crippen LogP) is 2.66. The van der Waals surface area contributed by atoms with Gasteiger partial charge in [0.2, 0.25) is 0 Å². The van der Waals surface area contributed by atoms with Crippen molar-refractivity contribution in [2.24, 2.45) is 5.92 Å². The summed E-state index contributed by atoms with van der Waals surface area (Å²) in [7, 11) is 0. The van der Waals surface area contributed by atoms with Crippen LogP contribution in [0, 0.1) is 5.92 Å². The van der Waals surface area contributed by atoms with Crippen molar-refractivity contribution >= 4 is 16.9 Å². The van der Waals surface area contributed by atoms with E-state index in [9.17, 15) is 4.79 Å². The first-order valence-corrected chi connectivity index (χ1v) is 7.91. The Hall–Kier alpha value is -2.69. The van der Waals surface area contributed by atoms with E-state index in [-0.39, 0.29) is 5.91 Å². The minimum atomic E-state index is 0.106. The molecule has 116 valence electrons. The van der Waals surface area contributed by atoms with Gasteiger partial charge >= 0.3 is 0 Å². The summed E-state index contributed by atoms with van der Waals surface area (Å²) in [6.45, 7) is 1.64. The third-order valence-electron chi connectivity index (χ3n) is 4.48. The molecule has 0 unspecified atom stereocenters. The van der Waals surface area contributed by atoms with E-state index < -0.39 is 0 Å². The summed E-state index contributed by atoms with van der Waals surface area (Å²) in [5.41, 5.74) is 2.88. The van der Waals surface area contributed by atoms with Crippen molar-refractivity contribution in [1.82, 2.24) is 19.9 Å². The van der Waals surface area contributed by atoms with Crippen molar-refractivity contribution in [2.75, 3.05) is 13.1 Å². The number of fused-ring (bicyclic) bond motifs is 1. The zero-order valence-corrected chi connectivity index (χ0v) is 12.8. The molecule has 23 heavy (non-hydrogen) atoms. The molecule has 1 saturated heterocycles. The second-order valence-corrected chi connectivity index (χ2v) is 6.10. The lowest BCUT2D eigenvalue weighted by Crippen LogP contribution is -2.28. The zero-order chi connectivity index (χ0) is 15.6. The van der Waals surface area contributed by atoms with Gasteiger partial charge in [-0.15, -0.1) is 0 Å². The number of amides is 1. The van der Waals surface area contributed by atoms with Crippen molar-refractivity contribution < 1.29 is 4.79 Å². The molecule has 1 atom stereocenters. The van der Waals surface area contributed by atoms with Crippen molar-refractivity contribution in [3.63, 3.8) is 0 Å². The van der Waals surface area contributed by atoms with Crippen LogP contribution in [0.4, 0.5) is 0 Å². The summed E-state index contributed by atoms with van der Waals surface area (Å²) < 4.78 is 0. The number of carbonyl (C=O) groups is 1. The zero-order valence-electron chi connectivity index (χ0n) is 12.8. The number of hydrogen-bond donors (Lipinski definition) is 1. The van der Waals surface area contributed by atoms with E-state index >= 15 is 0 Å². The maximum absolute atomic E-state index is 12.5. The molecular formula is C18H18N4O. The van der Waals surface area contributed by atoms with Crippen LogP contribution < -0.4 is 0 Å². The number of nitrogens with one attached hydrogen (secondary N) is 1. The van der Waals surface area contributed by atoms with E-state index in [2.05, 4.69) is 21.0 Å². The number of aromatic nitrogens is 3. The third kappa shape index (κ3) is 2.82. The van der Waals surface area contributed by atoms with Crippen LogP contribution in [-0.2, 0) is 6.42 Å². The molecule has 3 aromatic heterocycles. The van der Waals surface area contributed by atoms with Crippen LogP contribution in [0.25, 0.3) is 11.0 Å². The maximum Gasteiger partial charge on any atom is 0.253 e. The van der Waals surface area contributed by atoms with Crippen molar-refractivity contribution in [3.8, 4) is 0 Å². The van der Waals surface area contributed by atoms with Gasteiger partial charge in [0.15, 0.2) is 0 Å². The lowest BCUT2D eigenvalue weighted by Gasteiger charge is -2.16. The van der Waals surface area contributed by atoms with Gasteiger partial charge in [-0.1, -0.05) is 0 Å². The minimum absolute atomic E-state index is 0.106. The molecule has 4 heterocycles. The number of likely N-dealkylation sites (tertiary alicyclic amines) is 1. The Kier molecular flexibility index (Phi) is 3.54. The number of nitrogens with zero attached hydrogens (tertiary/aromatic N) is 3. The molecule has 0 spiro atoms. The topological polar surface area (TPSA) is 61.9 Å². The highest BCUT2D eigenvalue weighted by Gasteiger charge is 2.27. The predicted molar refractivity (Wildman–Crippen MR) is 88.0 cm³/mol. The fourth-order valence-corrected chi connectivity index (χ4v) is 3.29. The smallest absolute Gasteiger partial charge is 0.253 e. The Labute approximate surface area is 134 Å². The fourth-order valence-electron chi connectivity index (χ4n) is 3.29.